The van der Waals surface area contributed by atoms with E-state index in [-0.39, 0.29) is 0 Å². The number of tetrazole rings is 1. The zero-order valence-corrected chi connectivity index (χ0v) is 16.5. The molecule has 0 aliphatic rings. The van der Waals surface area contributed by atoms with Gasteiger partial charge in [-0.1, -0.05) is 30.3 Å². The van der Waals surface area contributed by atoms with Gasteiger partial charge in [0.15, 0.2) is 0 Å². The third-order valence-electron chi connectivity index (χ3n) is 4.24. The average molecular weight is 392 g/mol. The van der Waals surface area contributed by atoms with E-state index in [9.17, 15) is 0 Å². The first-order valence-corrected chi connectivity index (χ1v) is 9.94. The van der Waals surface area contributed by atoms with E-state index in [0.29, 0.717) is 12.4 Å². The molecular formula is C20H20N6OS. The maximum atomic E-state index is 5.26. The fraction of sp³-hybridized carbons (Fsp3) is 0.200. The van der Waals surface area contributed by atoms with Crippen LogP contribution in [0.1, 0.15) is 12.5 Å². The molecule has 2 aromatic heterocycles. The number of hydrogen-bond acceptors (Lipinski definition) is 6. The normalized spacial score (nSPS) is 10.9. The first kappa shape index (κ1) is 18.2. The number of rotatable bonds is 7. The molecule has 28 heavy (non-hydrogen) atoms. The Morgan fingerprint density at radius 1 is 1.04 bits per heavy atom. The number of methoxy groups -OCH3 is 1. The van der Waals surface area contributed by atoms with Crippen LogP contribution in [0.5, 0.6) is 5.75 Å². The Morgan fingerprint density at radius 3 is 2.50 bits per heavy atom. The van der Waals surface area contributed by atoms with Crippen molar-refractivity contribution in [2.24, 2.45) is 0 Å². The number of thioether (sulfide) groups is 1. The smallest absolute Gasteiger partial charge is 0.209 e. The van der Waals surface area contributed by atoms with Gasteiger partial charge in [0.1, 0.15) is 10.8 Å². The summed E-state index contributed by atoms with van der Waals surface area (Å²) in [5.74, 6) is 2.21. The van der Waals surface area contributed by atoms with E-state index in [1.807, 2.05) is 54.1 Å². The second-order valence-corrected chi connectivity index (χ2v) is 7.01. The van der Waals surface area contributed by atoms with E-state index >= 15 is 0 Å². The fourth-order valence-electron chi connectivity index (χ4n) is 2.75. The molecule has 0 atom stereocenters. The van der Waals surface area contributed by atoms with E-state index in [2.05, 4.69) is 32.6 Å². The molecule has 0 amide bonds. The first-order chi connectivity index (χ1) is 13.8. The van der Waals surface area contributed by atoms with Crippen molar-refractivity contribution >= 4 is 11.8 Å². The molecule has 142 valence electrons. The third kappa shape index (κ3) is 3.77. The van der Waals surface area contributed by atoms with Crippen molar-refractivity contribution in [1.29, 1.82) is 0 Å². The van der Waals surface area contributed by atoms with Gasteiger partial charge in [0.25, 0.3) is 0 Å². The van der Waals surface area contributed by atoms with Crippen LogP contribution in [0.15, 0.2) is 65.8 Å². The number of ether oxygens (including phenoxy) is 1. The lowest BCUT2D eigenvalue weighted by Gasteiger charge is -2.09. The summed E-state index contributed by atoms with van der Waals surface area (Å²) in [5.41, 5.74) is 3.06. The predicted octanol–water partition coefficient (Wildman–Crippen LogP) is 3.85. The highest BCUT2D eigenvalue weighted by atomic mass is 32.2. The van der Waals surface area contributed by atoms with Crippen LogP contribution in [-0.4, -0.2) is 37.1 Å². The Balaban J connectivity index is 1.72. The molecule has 0 aliphatic heterocycles. The van der Waals surface area contributed by atoms with Gasteiger partial charge >= 0.3 is 0 Å². The predicted molar refractivity (Wildman–Crippen MR) is 109 cm³/mol. The lowest BCUT2D eigenvalue weighted by molar-refractivity contribution is 0.414. The molecule has 0 radical (unpaired) electrons. The summed E-state index contributed by atoms with van der Waals surface area (Å²) in [4.78, 5) is 1.58. The van der Waals surface area contributed by atoms with Gasteiger partial charge in [0.05, 0.1) is 31.1 Å². The van der Waals surface area contributed by atoms with Crippen molar-refractivity contribution in [2.75, 3.05) is 7.11 Å². The molecule has 0 fully saturated rings. The van der Waals surface area contributed by atoms with Crippen LogP contribution in [0.25, 0.3) is 17.1 Å². The van der Waals surface area contributed by atoms with Crippen LogP contribution < -0.4 is 4.74 Å². The molecule has 0 saturated heterocycles. The summed E-state index contributed by atoms with van der Waals surface area (Å²) in [7, 11) is 1.66. The standard InChI is InChI=1S/C20H20N6OS/c1-3-25-23-19(22-24-25)18-13-21-26(16-9-11-17(27-2)12-10-16)20(18)28-14-15-7-5-4-6-8-15/h4-13H,3,14H2,1-2H3. The Bertz CT molecular complexity index is 1040. The minimum atomic E-state index is 0.581. The molecule has 0 aliphatic carbocycles. The van der Waals surface area contributed by atoms with Crippen LogP contribution >= 0.6 is 11.8 Å². The van der Waals surface area contributed by atoms with Crippen LogP contribution in [0.3, 0.4) is 0 Å². The zero-order chi connectivity index (χ0) is 19.3. The van der Waals surface area contributed by atoms with Crippen molar-refractivity contribution in [3.05, 3.63) is 66.4 Å². The van der Waals surface area contributed by atoms with E-state index in [0.717, 1.165) is 27.8 Å². The molecule has 4 rings (SSSR count). The number of aryl methyl sites for hydroxylation is 1. The maximum Gasteiger partial charge on any atom is 0.209 e. The summed E-state index contributed by atoms with van der Waals surface area (Å²) in [6.45, 7) is 2.66. The van der Waals surface area contributed by atoms with Gasteiger partial charge in [0, 0.05) is 5.75 Å². The summed E-state index contributed by atoms with van der Waals surface area (Å²) >= 11 is 1.70. The molecule has 7 nitrogen and oxygen atoms in total. The molecular weight excluding hydrogens is 372 g/mol. The highest BCUT2D eigenvalue weighted by molar-refractivity contribution is 7.98. The Kier molecular flexibility index (Phi) is 5.38. The molecule has 0 saturated carbocycles. The van der Waals surface area contributed by atoms with Gasteiger partial charge in [-0.15, -0.1) is 22.0 Å². The van der Waals surface area contributed by atoms with Crippen LogP contribution in [0, 0.1) is 0 Å². The van der Waals surface area contributed by atoms with Gasteiger partial charge < -0.3 is 4.74 Å². The lowest BCUT2D eigenvalue weighted by atomic mass is 10.2. The van der Waals surface area contributed by atoms with Gasteiger partial charge in [-0.05, 0) is 42.0 Å². The summed E-state index contributed by atoms with van der Waals surface area (Å²) in [5, 5.41) is 18.3. The Morgan fingerprint density at radius 2 is 1.82 bits per heavy atom. The fourth-order valence-corrected chi connectivity index (χ4v) is 3.82. The minimum Gasteiger partial charge on any atom is -0.497 e. The van der Waals surface area contributed by atoms with Crippen molar-refractivity contribution in [1.82, 2.24) is 30.0 Å². The molecule has 2 heterocycles. The zero-order valence-electron chi connectivity index (χ0n) is 15.7. The molecule has 0 spiro atoms. The Labute approximate surface area is 167 Å². The Hall–Kier alpha value is -3.13. The summed E-state index contributed by atoms with van der Waals surface area (Å²) < 4.78 is 7.18. The average Bonchev–Trinajstić information content (AvgIpc) is 3.39. The number of nitrogens with zero attached hydrogens (tertiary/aromatic N) is 6. The molecule has 0 bridgehead atoms. The molecule has 0 unspecified atom stereocenters. The second-order valence-electron chi connectivity index (χ2n) is 6.05. The highest BCUT2D eigenvalue weighted by Crippen LogP contribution is 2.33. The quantitative estimate of drug-likeness (QED) is 0.445. The molecule has 2 aromatic carbocycles. The minimum absolute atomic E-state index is 0.581. The number of benzene rings is 2. The van der Waals surface area contributed by atoms with Crippen molar-refractivity contribution < 1.29 is 4.74 Å². The number of aromatic nitrogens is 6. The van der Waals surface area contributed by atoms with Gasteiger partial charge in [-0.3, -0.25) is 0 Å². The van der Waals surface area contributed by atoms with E-state index in [1.165, 1.54) is 5.56 Å². The van der Waals surface area contributed by atoms with Gasteiger partial charge in [0.2, 0.25) is 5.82 Å². The van der Waals surface area contributed by atoms with Gasteiger partial charge in [-0.2, -0.15) is 9.90 Å². The van der Waals surface area contributed by atoms with Crippen molar-refractivity contribution in [3.8, 4) is 22.8 Å². The lowest BCUT2D eigenvalue weighted by Crippen LogP contribution is -2.00. The maximum absolute atomic E-state index is 5.26. The van der Waals surface area contributed by atoms with Crippen molar-refractivity contribution in [3.63, 3.8) is 0 Å². The third-order valence-corrected chi connectivity index (χ3v) is 5.38. The molecule has 4 aromatic rings. The second kappa shape index (κ2) is 8.26. The van der Waals surface area contributed by atoms with Gasteiger partial charge in [-0.25, -0.2) is 4.68 Å². The molecule has 0 N–H and O–H groups in total. The SMILES string of the molecule is CCn1nnc(-c2cnn(-c3ccc(OC)cc3)c2SCc2ccccc2)n1. The van der Waals surface area contributed by atoms with E-state index in [4.69, 9.17) is 4.74 Å². The van der Waals surface area contributed by atoms with Crippen LogP contribution in [-0.2, 0) is 12.3 Å². The largest absolute Gasteiger partial charge is 0.497 e. The number of hydrogen-bond donors (Lipinski definition) is 0. The molecule has 8 heteroatoms. The van der Waals surface area contributed by atoms with Crippen molar-refractivity contribution in [2.45, 2.75) is 24.2 Å². The monoisotopic (exact) mass is 392 g/mol. The topological polar surface area (TPSA) is 70.7 Å². The van der Waals surface area contributed by atoms with E-state index in [1.54, 1.807) is 29.9 Å². The van der Waals surface area contributed by atoms with Crippen LogP contribution in [0.2, 0.25) is 0 Å². The summed E-state index contributed by atoms with van der Waals surface area (Å²) in [6.07, 6.45) is 1.80. The van der Waals surface area contributed by atoms with Crippen LogP contribution in [0.4, 0.5) is 0 Å². The first-order valence-electron chi connectivity index (χ1n) is 8.96. The van der Waals surface area contributed by atoms with E-state index < -0.39 is 0 Å². The highest BCUT2D eigenvalue weighted by Gasteiger charge is 2.18. The summed E-state index contributed by atoms with van der Waals surface area (Å²) in [6, 6.07) is 18.2.